The van der Waals surface area contributed by atoms with Gasteiger partial charge in [0.1, 0.15) is 0 Å². The van der Waals surface area contributed by atoms with E-state index in [2.05, 4.69) is 53.3 Å². The smallest absolute Gasteiger partial charge is 0.0588 e. The minimum absolute atomic E-state index is 0.411. The van der Waals surface area contributed by atoms with E-state index in [4.69, 9.17) is 4.74 Å². The van der Waals surface area contributed by atoms with Crippen molar-refractivity contribution in [1.29, 1.82) is 0 Å². The molecule has 0 amide bonds. The molecule has 1 aliphatic rings. The lowest BCUT2D eigenvalue weighted by Crippen LogP contribution is -2.26. The van der Waals surface area contributed by atoms with Gasteiger partial charge in [-0.05, 0) is 43.4 Å². The number of ether oxygens (including phenoxy) is 1. The van der Waals surface area contributed by atoms with Crippen LogP contribution in [0.5, 0.6) is 0 Å². The van der Waals surface area contributed by atoms with Crippen LogP contribution in [-0.4, -0.2) is 19.3 Å². The molecule has 1 aromatic rings. The van der Waals surface area contributed by atoms with Crippen LogP contribution in [-0.2, 0) is 11.3 Å². The largest absolute Gasteiger partial charge is 0.378 e. The molecule has 0 aliphatic carbocycles. The van der Waals surface area contributed by atoms with Gasteiger partial charge in [0.05, 0.1) is 6.10 Å². The van der Waals surface area contributed by atoms with Crippen molar-refractivity contribution in [2.45, 2.75) is 32.9 Å². The SMILES string of the molecule is Cc1cc(CNCC2CCOC2C)ccc1Br. The summed E-state index contributed by atoms with van der Waals surface area (Å²) in [5.74, 6) is 0.673. The molecule has 1 aromatic carbocycles. The molecule has 0 aromatic heterocycles. The first-order valence-electron chi connectivity index (χ1n) is 6.24. The molecule has 2 rings (SSSR count). The van der Waals surface area contributed by atoms with Crippen LogP contribution >= 0.6 is 15.9 Å². The number of rotatable bonds is 4. The normalized spacial score (nSPS) is 24.2. The number of benzene rings is 1. The highest BCUT2D eigenvalue weighted by Crippen LogP contribution is 2.20. The van der Waals surface area contributed by atoms with Crippen molar-refractivity contribution in [3.05, 3.63) is 33.8 Å². The summed E-state index contributed by atoms with van der Waals surface area (Å²) in [6.07, 6.45) is 1.60. The molecule has 0 bridgehead atoms. The van der Waals surface area contributed by atoms with Crippen LogP contribution < -0.4 is 5.32 Å². The summed E-state index contributed by atoms with van der Waals surface area (Å²) in [6, 6.07) is 6.51. The summed E-state index contributed by atoms with van der Waals surface area (Å²) in [7, 11) is 0. The van der Waals surface area contributed by atoms with E-state index >= 15 is 0 Å². The molecule has 3 heteroatoms. The van der Waals surface area contributed by atoms with Crippen molar-refractivity contribution in [2.75, 3.05) is 13.2 Å². The maximum Gasteiger partial charge on any atom is 0.0588 e. The topological polar surface area (TPSA) is 21.3 Å². The number of nitrogens with one attached hydrogen (secondary N) is 1. The molecule has 2 unspecified atom stereocenters. The number of hydrogen-bond acceptors (Lipinski definition) is 2. The van der Waals surface area contributed by atoms with Gasteiger partial charge in [0.2, 0.25) is 0 Å². The number of hydrogen-bond donors (Lipinski definition) is 1. The van der Waals surface area contributed by atoms with E-state index in [1.165, 1.54) is 22.0 Å². The van der Waals surface area contributed by atoms with Crippen molar-refractivity contribution in [2.24, 2.45) is 5.92 Å². The third-order valence-corrected chi connectivity index (χ3v) is 4.38. The second-order valence-electron chi connectivity index (χ2n) is 4.84. The van der Waals surface area contributed by atoms with Crippen molar-refractivity contribution in [3.63, 3.8) is 0 Å². The predicted octanol–water partition coefficient (Wildman–Crippen LogP) is 3.27. The summed E-state index contributed by atoms with van der Waals surface area (Å²) < 4.78 is 6.74. The highest BCUT2D eigenvalue weighted by molar-refractivity contribution is 9.10. The van der Waals surface area contributed by atoms with Gasteiger partial charge >= 0.3 is 0 Å². The van der Waals surface area contributed by atoms with Gasteiger partial charge in [0.15, 0.2) is 0 Å². The Hall–Kier alpha value is -0.380. The first-order chi connectivity index (χ1) is 8.16. The Labute approximate surface area is 112 Å². The maximum atomic E-state index is 5.56. The van der Waals surface area contributed by atoms with Gasteiger partial charge in [-0.15, -0.1) is 0 Å². The van der Waals surface area contributed by atoms with Gasteiger partial charge in [-0.25, -0.2) is 0 Å². The monoisotopic (exact) mass is 297 g/mol. The summed E-state index contributed by atoms with van der Waals surface area (Å²) in [5, 5.41) is 3.53. The Bertz CT molecular complexity index is 380. The quantitative estimate of drug-likeness (QED) is 0.921. The van der Waals surface area contributed by atoms with E-state index in [1.807, 2.05) is 0 Å². The van der Waals surface area contributed by atoms with E-state index in [-0.39, 0.29) is 0 Å². The minimum Gasteiger partial charge on any atom is -0.378 e. The summed E-state index contributed by atoms with van der Waals surface area (Å²) in [6.45, 7) is 7.21. The number of halogens is 1. The Balaban J connectivity index is 1.79. The lowest BCUT2D eigenvalue weighted by Gasteiger charge is -2.15. The molecule has 0 saturated carbocycles. The van der Waals surface area contributed by atoms with Crippen molar-refractivity contribution in [1.82, 2.24) is 5.32 Å². The van der Waals surface area contributed by atoms with Crippen LogP contribution in [0.1, 0.15) is 24.5 Å². The second kappa shape index (κ2) is 5.98. The Morgan fingerprint density at radius 2 is 2.29 bits per heavy atom. The molecular weight excluding hydrogens is 278 g/mol. The third-order valence-electron chi connectivity index (χ3n) is 3.49. The zero-order valence-corrected chi connectivity index (χ0v) is 12.1. The minimum atomic E-state index is 0.411. The molecule has 1 aliphatic heterocycles. The molecule has 0 spiro atoms. The first kappa shape index (κ1) is 13.1. The fourth-order valence-electron chi connectivity index (χ4n) is 2.26. The van der Waals surface area contributed by atoms with Crippen molar-refractivity contribution in [3.8, 4) is 0 Å². The molecule has 1 fully saturated rings. The van der Waals surface area contributed by atoms with Crippen LogP contribution in [0.3, 0.4) is 0 Å². The second-order valence-corrected chi connectivity index (χ2v) is 5.69. The predicted molar refractivity (Wildman–Crippen MR) is 74.1 cm³/mol. The van der Waals surface area contributed by atoms with Crippen molar-refractivity contribution >= 4 is 15.9 Å². The zero-order chi connectivity index (χ0) is 12.3. The summed E-state index contributed by atoms with van der Waals surface area (Å²) in [4.78, 5) is 0. The summed E-state index contributed by atoms with van der Waals surface area (Å²) >= 11 is 3.52. The fourth-order valence-corrected chi connectivity index (χ4v) is 2.51. The fraction of sp³-hybridized carbons (Fsp3) is 0.571. The average molecular weight is 298 g/mol. The number of aryl methyl sites for hydroxylation is 1. The van der Waals surface area contributed by atoms with Crippen LogP contribution in [0.2, 0.25) is 0 Å². The highest BCUT2D eigenvalue weighted by atomic mass is 79.9. The molecule has 94 valence electrons. The Morgan fingerprint density at radius 1 is 1.47 bits per heavy atom. The average Bonchev–Trinajstić information content (AvgIpc) is 2.70. The van der Waals surface area contributed by atoms with E-state index in [0.717, 1.165) is 19.7 Å². The maximum absolute atomic E-state index is 5.56. The molecule has 1 saturated heterocycles. The molecular formula is C14H20BrNO. The molecule has 1 heterocycles. The lowest BCUT2D eigenvalue weighted by molar-refractivity contribution is 0.105. The van der Waals surface area contributed by atoms with Gasteiger partial charge in [0, 0.05) is 24.2 Å². The van der Waals surface area contributed by atoms with E-state index in [9.17, 15) is 0 Å². The van der Waals surface area contributed by atoms with Crippen LogP contribution in [0.15, 0.2) is 22.7 Å². The third kappa shape index (κ3) is 3.54. The lowest BCUT2D eigenvalue weighted by atomic mass is 10.0. The molecule has 1 N–H and O–H groups in total. The summed E-state index contributed by atoms with van der Waals surface area (Å²) in [5.41, 5.74) is 2.64. The van der Waals surface area contributed by atoms with Crippen LogP contribution in [0, 0.1) is 12.8 Å². The van der Waals surface area contributed by atoms with Gasteiger partial charge in [-0.2, -0.15) is 0 Å². The van der Waals surface area contributed by atoms with Crippen LogP contribution in [0.4, 0.5) is 0 Å². The van der Waals surface area contributed by atoms with Gasteiger partial charge in [-0.3, -0.25) is 0 Å². The van der Waals surface area contributed by atoms with E-state index < -0.39 is 0 Å². The standard InChI is InChI=1S/C14H20BrNO/c1-10-7-12(3-4-14(10)15)8-16-9-13-5-6-17-11(13)2/h3-4,7,11,13,16H,5-6,8-9H2,1-2H3. The van der Waals surface area contributed by atoms with Gasteiger partial charge in [0.25, 0.3) is 0 Å². The van der Waals surface area contributed by atoms with Gasteiger partial charge in [-0.1, -0.05) is 28.1 Å². The van der Waals surface area contributed by atoms with Crippen molar-refractivity contribution < 1.29 is 4.74 Å². The van der Waals surface area contributed by atoms with E-state index in [1.54, 1.807) is 0 Å². The van der Waals surface area contributed by atoms with E-state index in [0.29, 0.717) is 12.0 Å². The molecule has 2 atom stereocenters. The Morgan fingerprint density at radius 3 is 2.94 bits per heavy atom. The first-order valence-corrected chi connectivity index (χ1v) is 7.03. The Kier molecular flexibility index (Phi) is 4.60. The molecule has 0 radical (unpaired) electrons. The van der Waals surface area contributed by atoms with Gasteiger partial charge < -0.3 is 10.1 Å². The van der Waals surface area contributed by atoms with Crippen LogP contribution in [0.25, 0.3) is 0 Å². The molecule has 17 heavy (non-hydrogen) atoms. The highest BCUT2D eigenvalue weighted by Gasteiger charge is 2.23. The molecule has 2 nitrogen and oxygen atoms in total. The zero-order valence-electron chi connectivity index (χ0n) is 10.5.